The van der Waals surface area contributed by atoms with Crippen LogP contribution in [-0.2, 0) is 14.8 Å². The van der Waals surface area contributed by atoms with Gasteiger partial charge < -0.3 is 20.1 Å². The lowest BCUT2D eigenvalue weighted by Crippen LogP contribution is -2.31. The van der Waals surface area contributed by atoms with Gasteiger partial charge >= 0.3 is 0 Å². The second kappa shape index (κ2) is 11.7. The number of thiazole rings is 1. The predicted octanol–water partition coefficient (Wildman–Crippen LogP) is 4.44. The highest BCUT2D eigenvalue weighted by Crippen LogP contribution is 2.32. The molecule has 192 valence electrons. The van der Waals surface area contributed by atoms with Crippen LogP contribution in [0.1, 0.15) is 25.7 Å². The average molecular weight is 531 g/mol. The summed E-state index contributed by atoms with van der Waals surface area (Å²) in [6.45, 7) is 0.849. The zero-order valence-electron chi connectivity index (χ0n) is 20.3. The topological polar surface area (TPSA) is 110 Å². The van der Waals surface area contributed by atoms with Crippen LogP contribution in [0, 0.1) is 0 Å². The summed E-state index contributed by atoms with van der Waals surface area (Å²) in [6.07, 6.45) is 3.87. The van der Waals surface area contributed by atoms with Crippen molar-refractivity contribution in [3.05, 3.63) is 47.8 Å². The maximum absolute atomic E-state index is 12.9. The number of nitrogens with one attached hydrogen (secondary N) is 2. The first-order chi connectivity index (χ1) is 17.4. The third kappa shape index (κ3) is 6.15. The molecule has 1 saturated heterocycles. The van der Waals surface area contributed by atoms with Crippen molar-refractivity contribution in [1.82, 2.24) is 9.29 Å². The molecule has 2 heterocycles. The van der Waals surface area contributed by atoms with Crippen molar-refractivity contribution in [3.8, 4) is 22.8 Å². The summed E-state index contributed by atoms with van der Waals surface area (Å²) in [7, 11) is -0.191. The molecular weight excluding hydrogens is 500 g/mol. The van der Waals surface area contributed by atoms with Crippen LogP contribution in [-0.4, -0.2) is 57.5 Å². The lowest BCUT2D eigenvalue weighted by molar-refractivity contribution is -0.118. The summed E-state index contributed by atoms with van der Waals surface area (Å²) >= 11 is 1.49. The van der Waals surface area contributed by atoms with E-state index in [1.165, 1.54) is 30.6 Å². The molecule has 0 atom stereocenters. The second-order valence-electron chi connectivity index (χ2n) is 8.33. The van der Waals surface area contributed by atoms with Crippen molar-refractivity contribution in [2.75, 3.05) is 44.5 Å². The summed E-state index contributed by atoms with van der Waals surface area (Å²) in [5.74, 6) is 0.544. The molecule has 1 aromatic heterocycles. The fourth-order valence-corrected chi connectivity index (χ4v) is 6.16. The number of rotatable bonds is 9. The highest BCUT2D eigenvalue weighted by atomic mass is 32.2. The summed E-state index contributed by atoms with van der Waals surface area (Å²) in [5.41, 5.74) is 2.13. The van der Waals surface area contributed by atoms with E-state index in [9.17, 15) is 13.2 Å². The number of methoxy groups -OCH3 is 1. The van der Waals surface area contributed by atoms with Gasteiger partial charge in [-0.3, -0.25) is 4.79 Å². The van der Waals surface area contributed by atoms with E-state index in [1.54, 1.807) is 28.6 Å². The molecule has 2 N–H and O–H groups in total. The number of sulfonamides is 1. The van der Waals surface area contributed by atoms with Gasteiger partial charge in [0.25, 0.3) is 5.91 Å². The lowest BCUT2D eigenvalue weighted by atomic mass is 10.1. The van der Waals surface area contributed by atoms with Crippen LogP contribution >= 0.6 is 11.3 Å². The zero-order chi connectivity index (χ0) is 25.5. The molecule has 1 aliphatic rings. The monoisotopic (exact) mass is 530 g/mol. The molecule has 1 aliphatic heterocycles. The molecule has 3 aromatic rings. The van der Waals surface area contributed by atoms with Crippen molar-refractivity contribution >= 4 is 38.1 Å². The fourth-order valence-electron chi connectivity index (χ4n) is 3.96. The number of hydrogen-bond acceptors (Lipinski definition) is 8. The summed E-state index contributed by atoms with van der Waals surface area (Å²) in [5, 5.41) is 8.55. The van der Waals surface area contributed by atoms with Crippen LogP contribution < -0.4 is 20.1 Å². The molecule has 0 spiro atoms. The molecule has 1 amide bonds. The minimum absolute atomic E-state index is 0.228. The molecule has 36 heavy (non-hydrogen) atoms. The molecule has 1 fully saturated rings. The number of nitrogens with zero attached hydrogens (tertiary/aromatic N) is 2. The van der Waals surface area contributed by atoms with Crippen molar-refractivity contribution in [2.45, 2.75) is 30.6 Å². The highest BCUT2D eigenvalue weighted by molar-refractivity contribution is 7.89. The molecule has 11 heteroatoms. The number of benzene rings is 2. The first kappa shape index (κ1) is 25.9. The molecular formula is C25H30N4O5S2. The Bertz CT molecular complexity index is 1280. The average Bonchev–Trinajstić information content (AvgIpc) is 3.20. The molecule has 4 rings (SSSR count). The fraction of sp³-hybridized carbons (Fsp3) is 0.360. The SMILES string of the molecule is CNc1nc(-c2ccc(OC)c(NC(=O)COc3ccc(S(=O)(=O)N4CCCCCC4)cc3)c2)cs1. The smallest absolute Gasteiger partial charge is 0.262 e. The molecule has 0 unspecified atom stereocenters. The Balaban J connectivity index is 1.38. The van der Waals surface area contributed by atoms with Crippen molar-refractivity contribution in [3.63, 3.8) is 0 Å². The third-order valence-corrected chi connectivity index (χ3v) is 8.66. The number of aromatic nitrogens is 1. The van der Waals surface area contributed by atoms with Gasteiger partial charge in [-0.2, -0.15) is 4.31 Å². The van der Waals surface area contributed by atoms with Gasteiger partial charge in [-0.1, -0.05) is 12.8 Å². The number of anilines is 2. The first-order valence-electron chi connectivity index (χ1n) is 11.8. The molecule has 0 saturated carbocycles. The molecule has 2 aromatic carbocycles. The van der Waals surface area contributed by atoms with Gasteiger partial charge in [0, 0.05) is 31.1 Å². The van der Waals surface area contributed by atoms with E-state index in [2.05, 4.69) is 15.6 Å². The van der Waals surface area contributed by atoms with Gasteiger partial charge in [0.1, 0.15) is 11.5 Å². The van der Waals surface area contributed by atoms with E-state index in [0.717, 1.165) is 42.1 Å². The van der Waals surface area contributed by atoms with E-state index < -0.39 is 10.0 Å². The van der Waals surface area contributed by atoms with E-state index >= 15 is 0 Å². The van der Waals surface area contributed by atoms with Gasteiger partial charge in [-0.05, 0) is 55.3 Å². The van der Waals surface area contributed by atoms with Gasteiger partial charge in [0.05, 0.1) is 23.4 Å². The van der Waals surface area contributed by atoms with Gasteiger partial charge in [-0.15, -0.1) is 11.3 Å². The van der Waals surface area contributed by atoms with Crippen molar-refractivity contribution in [1.29, 1.82) is 0 Å². The second-order valence-corrected chi connectivity index (χ2v) is 11.1. The zero-order valence-corrected chi connectivity index (χ0v) is 22.0. The van der Waals surface area contributed by atoms with E-state index in [0.29, 0.717) is 30.3 Å². The number of carbonyl (C=O) groups is 1. The molecule has 0 radical (unpaired) electrons. The summed E-state index contributed by atoms with van der Waals surface area (Å²) in [4.78, 5) is 17.3. The maximum atomic E-state index is 12.9. The van der Waals surface area contributed by atoms with E-state index in [1.807, 2.05) is 18.5 Å². The van der Waals surface area contributed by atoms with Gasteiger partial charge in [0.2, 0.25) is 10.0 Å². The first-order valence-corrected chi connectivity index (χ1v) is 14.1. The van der Waals surface area contributed by atoms with E-state index in [-0.39, 0.29) is 17.4 Å². The highest BCUT2D eigenvalue weighted by Gasteiger charge is 2.25. The van der Waals surface area contributed by atoms with Crippen molar-refractivity contribution in [2.24, 2.45) is 0 Å². The van der Waals surface area contributed by atoms with E-state index in [4.69, 9.17) is 9.47 Å². The summed E-state index contributed by atoms with van der Waals surface area (Å²) in [6, 6.07) is 11.6. The Morgan fingerprint density at radius 1 is 1.08 bits per heavy atom. The minimum Gasteiger partial charge on any atom is -0.495 e. The standard InChI is InChI=1S/C25H30N4O5S2/c1-26-25-28-22(17-35-25)18-7-12-23(33-2)21(15-18)27-24(30)16-34-19-8-10-20(11-9-19)36(31,32)29-13-5-3-4-6-14-29/h7-12,15,17H,3-6,13-14,16H2,1-2H3,(H,26,28)(H,27,30). The Labute approximate surface area is 215 Å². The quantitative estimate of drug-likeness (QED) is 0.421. The number of hydrogen-bond donors (Lipinski definition) is 2. The molecule has 0 aliphatic carbocycles. The molecule has 9 nitrogen and oxygen atoms in total. The Hall–Kier alpha value is -3.15. The van der Waals surface area contributed by atoms with Crippen LogP contribution in [0.4, 0.5) is 10.8 Å². The molecule has 0 bridgehead atoms. The number of ether oxygens (including phenoxy) is 2. The third-order valence-electron chi connectivity index (χ3n) is 5.88. The van der Waals surface area contributed by atoms with Crippen LogP contribution in [0.25, 0.3) is 11.3 Å². The van der Waals surface area contributed by atoms with Crippen LogP contribution in [0.3, 0.4) is 0 Å². The Morgan fingerprint density at radius 2 is 1.81 bits per heavy atom. The Morgan fingerprint density at radius 3 is 2.44 bits per heavy atom. The lowest BCUT2D eigenvalue weighted by Gasteiger charge is -2.20. The Kier molecular flexibility index (Phi) is 8.44. The largest absolute Gasteiger partial charge is 0.495 e. The van der Waals surface area contributed by atoms with Gasteiger partial charge in [-0.25, -0.2) is 13.4 Å². The maximum Gasteiger partial charge on any atom is 0.262 e. The van der Waals surface area contributed by atoms with Crippen LogP contribution in [0.15, 0.2) is 52.7 Å². The van der Waals surface area contributed by atoms with Crippen molar-refractivity contribution < 1.29 is 22.7 Å². The predicted molar refractivity (Wildman–Crippen MR) is 141 cm³/mol. The number of amides is 1. The minimum atomic E-state index is -3.53. The van der Waals surface area contributed by atoms with Crippen LogP contribution in [0.5, 0.6) is 11.5 Å². The van der Waals surface area contributed by atoms with Gasteiger partial charge in [0.15, 0.2) is 11.7 Å². The van der Waals surface area contributed by atoms with Crippen LogP contribution in [0.2, 0.25) is 0 Å². The number of carbonyl (C=O) groups excluding carboxylic acids is 1. The normalized spacial score (nSPS) is 14.6. The summed E-state index contributed by atoms with van der Waals surface area (Å²) < 4.78 is 38.4.